The van der Waals surface area contributed by atoms with E-state index in [4.69, 9.17) is 10.8 Å². The topological polar surface area (TPSA) is 84.9 Å². The quantitative estimate of drug-likeness (QED) is 0.872. The first-order valence-electron chi connectivity index (χ1n) is 7.51. The van der Waals surface area contributed by atoms with Crippen LogP contribution < -0.4 is 16.0 Å². The van der Waals surface area contributed by atoms with Gasteiger partial charge in [-0.25, -0.2) is 4.98 Å². The summed E-state index contributed by atoms with van der Waals surface area (Å²) in [5.41, 5.74) is 8.82. The van der Waals surface area contributed by atoms with Crippen LogP contribution in [0.3, 0.4) is 0 Å². The summed E-state index contributed by atoms with van der Waals surface area (Å²) in [5.74, 6) is 1.53. The lowest BCUT2D eigenvalue weighted by molar-refractivity contribution is 0.448. The second-order valence-corrected chi connectivity index (χ2v) is 5.85. The van der Waals surface area contributed by atoms with Crippen LogP contribution in [-0.2, 0) is 6.54 Å². The van der Waals surface area contributed by atoms with Crippen molar-refractivity contribution in [2.24, 2.45) is 0 Å². The van der Waals surface area contributed by atoms with Crippen molar-refractivity contribution in [1.29, 1.82) is 0 Å². The molecule has 1 saturated heterocycles. The molecule has 21 heavy (non-hydrogen) atoms. The molecule has 0 aliphatic carbocycles. The zero-order valence-electron chi connectivity index (χ0n) is 13.1. The van der Waals surface area contributed by atoms with Gasteiger partial charge in [-0.2, -0.15) is 10.1 Å². The smallest absolute Gasteiger partial charge is 0.222 e. The maximum atomic E-state index is 5.93. The number of nitrogens with one attached hydrogen (secondary N) is 1. The van der Waals surface area contributed by atoms with Gasteiger partial charge in [-0.1, -0.05) is 13.8 Å². The first-order valence-corrected chi connectivity index (χ1v) is 7.51. The molecule has 7 heteroatoms. The first-order chi connectivity index (χ1) is 10.0. The number of hydrogen-bond acceptors (Lipinski definition) is 6. The highest BCUT2D eigenvalue weighted by Crippen LogP contribution is 2.31. The Bertz CT molecular complexity index is 655. The fourth-order valence-electron chi connectivity index (χ4n) is 2.89. The fourth-order valence-corrected chi connectivity index (χ4v) is 2.89. The Morgan fingerprint density at radius 2 is 2.00 bits per heavy atom. The summed E-state index contributed by atoms with van der Waals surface area (Å²) in [5, 5.41) is 7.99. The van der Waals surface area contributed by atoms with Gasteiger partial charge in [0.15, 0.2) is 11.3 Å². The number of nitrogens with zero attached hydrogens (tertiary/aromatic N) is 5. The lowest BCUT2D eigenvalue weighted by Gasteiger charge is -2.39. The summed E-state index contributed by atoms with van der Waals surface area (Å²) >= 11 is 0. The van der Waals surface area contributed by atoms with E-state index in [9.17, 15) is 0 Å². The molecule has 1 aliphatic rings. The van der Waals surface area contributed by atoms with E-state index < -0.39 is 0 Å². The maximum Gasteiger partial charge on any atom is 0.222 e. The van der Waals surface area contributed by atoms with Crippen molar-refractivity contribution >= 4 is 22.8 Å². The highest BCUT2D eigenvalue weighted by Gasteiger charge is 2.30. The highest BCUT2D eigenvalue weighted by atomic mass is 15.3. The molecule has 0 saturated carbocycles. The second-order valence-electron chi connectivity index (χ2n) is 5.85. The number of fused-ring (bicyclic) bond motifs is 1. The van der Waals surface area contributed by atoms with Crippen molar-refractivity contribution in [1.82, 2.24) is 25.1 Å². The van der Waals surface area contributed by atoms with Crippen LogP contribution in [-0.4, -0.2) is 45.9 Å². The standard InChI is InChI=1S/C14H23N7/c1-5-21-12(8(2)3)10-11(19-21)13(18-14(15)17-10)20-6-9(7-20)16-4/h8-9,16H,5-7H2,1-4H3,(H2,15,17). The van der Waals surface area contributed by atoms with Gasteiger partial charge in [0.25, 0.3) is 0 Å². The Hall–Kier alpha value is -1.89. The number of nitrogens with two attached hydrogens (primary N) is 1. The number of anilines is 2. The molecule has 0 bridgehead atoms. The summed E-state index contributed by atoms with van der Waals surface area (Å²) in [7, 11) is 1.98. The molecule has 1 fully saturated rings. The minimum atomic E-state index is 0.322. The monoisotopic (exact) mass is 289 g/mol. The van der Waals surface area contributed by atoms with E-state index in [0.29, 0.717) is 17.9 Å². The number of rotatable bonds is 4. The molecule has 1 aliphatic heterocycles. The molecular weight excluding hydrogens is 266 g/mol. The zero-order chi connectivity index (χ0) is 15.1. The number of nitrogen functional groups attached to an aromatic ring is 1. The molecule has 0 atom stereocenters. The average Bonchev–Trinajstić information content (AvgIpc) is 2.75. The number of aromatic nitrogens is 4. The number of aryl methyl sites for hydroxylation is 1. The van der Waals surface area contributed by atoms with Gasteiger partial charge in [0, 0.05) is 25.7 Å². The molecule has 3 N–H and O–H groups in total. The van der Waals surface area contributed by atoms with Crippen LogP contribution in [0.25, 0.3) is 11.0 Å². The third-order valence-corrected chi connectivity index (χ3v) is 4.06. The third kappa shape index (κ3) is 2.21. The summed E-state index contributed by atoms with van der Waals surface area (Å²) in [6.45, 7) is 9.08. The minimum Gasteiger partial charge on any atom is -0.368 e. The van der Waals surface area contributed by atoms with Gasteiger partial charge in [0.05, 0.1) is 5.69 Å². The summed E-state index contributed by atoms with van der Waals surface area (Å²) in [6, 6.07) is 0.508. The van der Waals surface area contributed by atoms with Crippen LogP contribution >= 0.6 is 0 Å². The van der Waals surface area contributed by atoms with Crippen LogP contribution in [0.4, 0.5) is 11.8 Å². The molecule has 0 amide bonds. The Morgan fingerprint density at radius 3 is 2.57 bits per heavy atom. The van der Waals surface area contributed by atoms with Crippen LogP contribution in [0.2, 0.25) is 0 Å². The van der Waals surface area contributed by atoms with Gasteiger partial charge in [-0.05, 0) is 19.9 Å². The second kappa shape index (κ2) is 5.14. The van der Waals surface area contributed by atoms with Crippen LogP contribution in [0.1, 0.15) is 32.4 Å². The fraction of sp³-hybridized carbons (Fsp3) is 0.643. The van der Waals surface area contributed by atoms with Crippen molar-refractivity contribution in [3.8, 4) is 0 Å². The van der Waals surface area contributed by atoms with Crippen LogP contribution in [0.15, 0.2) is 0 Å². The Balaban J connectivity index is 2.13. The molecule has 3 rings (SSSR count). The lowest BCUT2D eigenvalue weighted by atomic mass is 10.1. The summed E-state index contributed by atoms with van der Waals surface area (Å²) < 4.78 is 2.02. The molecule has 3 heterocycles. The lowest BCUT2D eigenvalue weighted by Crippen LogP contribution is -2.57. The molecule has 0 unspecified atom stereocenters. The molecular formula is C14H23N7. The zero-order valence-corrected chi connectivity index (χ0v) is 13.1. The SMILES string of the molecule is CCn1nc2c(N3CC(NC)C3)nc(N)nc2c1C(C)C. The van der Waals surface area contributed by atoms with E-state index in [2.05, 4.69) is 41.0 Å². The third-order valence-electron chi connectivity index (χ3n) is 4.06. The van der Waals surface area contributed by atoms with E-state index in [-0.39, 0.29) is 0 Å². The Morgan fingerprint density at radius 1 is 1.29 bits per heavy atom. The average molecular weight is 289 g/mol. The van der Waals surface area contributed by atoms with Crippen molar-refractivity contribution in [3.63, 3.8) is 0 Å². The van der Waals surface area contributed by atoms with Crippen molar-refractivity contribution in [2.75, 3.05) is 30.8 Å². The van der Waals surface area contributed by atoms with Gasteiger partial charge in [-0.3, -0.25) is 4.68 Å². The van der Waals surface area contributed by atoms with Crippen LogP contribution in [0, 0.1) is 0 Å². The van der Waals surface area contributed by atoms with Gasteiger partial charge in [0.2, 0.25) is 5.95 Å². The molecule has 0 spiro atoms. The van der Waals surface area contributed by atoms with E-state index in [1.165, 1.54) is 0 Å². The molecule has 7 nitrogen and oxygen atoms in total. The van der Waals surface area contributed by atoms with Crippen LogP contribution in [0.5, 0.6) is 0 Å². The van der Waals surface area contributed by atoms with Crippen molar-refractivity contribution in [3.05, 3.63) is 5.69 Å². The molecule has 2 aromatic rings. The normalized spacial score (nSPS) is 16.0. The van der Waals surface area contributed by atoms with Crippen molar-refractivity contribution < 1.29 is 0 Å². The van der Waals surface area contributed by atoms with Gasteiger partial charge >= 0.3 is 0 Å². The number of likely N-dealkylation sites (N-methyl/N-ethyl adjacent to an activating group) is 1. The van der Waals surface area contributed by atoms with E-state index in [1.807, 2.05) is 11.7 Å². The Kier molecular flexibility index (Phi) is 3.44. The van der Waals surface area contributed by atoms with Gasteiger partial charge in [-0.15, -0.1) is 0 Å². The van der Waals surface area contributed by atoms with E-state index in [1.54, 1.807) is 0 Å². The highest BCUT2D eigenvalue weighted by molar-refractivity contribution is 5.89. The molecule has 2 aromatic heterocycles. The maximum absolute atomic E-state index is 5.93. The molecule has 0 radical (unpaired) electrons. The van der Waals surface area contributed by atoms with E-state index in [0.717, 1.165) is 42.2 Å². The molecule has 114 valence electrons. The number of hydrogen-bond donors (Lipinski definition) is 2. The molecule has 0 aromatic carbocycles. The van der Waals surface area contributed by atoms with Crippen molar-refractivity contribution in [2.45, 2.75) is 39.3 Å². The Labute approximate surface area is 124 Å². The van der Waals surface area contributed by atoms with Gasteiger partial charge in [0.1, 0.15) is 5.52 Å². The minimum absolute atomic E-state index is 0.322. The van der Waals surface area contributed by atoms with E-state index >= 15 is 0 Å². The first kappa shape index (κ1) is 14.1. The largest absolute Gasteiger partial charge is 0.368 e. The summed E-state index contributed by atoms with van der Waals surface area (Å²) in [6.07, 6.45) is 0. The van der Waals surface area contributed by atoms with Gasteiger partial charge < -0.3 is 16.0 Å². The predicted octanol–water partition coefficient (Wildman–Crippen LogP) is 0.960. The predicted molar refractivity (Wildman–Crippen MR) is 84.6 cm³/mol. The summed E-state index contributed by atoms with van der Waals surface area (Å²) in [4.78, 5) is 11.1.